The van der Waals surface area contributed by atoms with Crippen molar-refractivity contribution in [3.8, 4) is 0 Å². The van der Waals surface area contributed by atoms with Crippen LogP contribution in [0.4, 0.5) is 0 Å². The Morgan fingerprint density at radius 2 is 2.00 bits per heavy atom. The number of nitrogens with one attached hydrogen (secondary N) is 1. The van der Waals surface area contributed by atoms with Crippen LogP contribution in [0.5, 0.6) is 0 Å². The molecular weight excluding hydrogens is 178 g/mol. The van der Waals surface area contributed by atoms with Crippen LogP contribution in [0.25, 0.3) is 0 Å². The first kappa shape index (κ1) is 11.1. The highest BCUT2D eigenvalue weighted by atomic mass is 15.5. The Hall–Kier alpha value is -0.970. The van der Waals surface area contributed by atoms with Gasteiger partial charge in [-0.25, -0.2) is 4.68 Å². The number of aromatic nitrogens is 4. The Kier molecular flexibility index (Phi) is 4.00. The summed E-state index contributed by atoms with van der Waals surface area (Å²) in [4.78, 5) is 0. The predicted octanol–water partition coefficient (Wildman–Crippen LogP) is 1.000. The van der Waals surface area contributed by atoms with Crippen molar-refractivity contribution in [1.29, 1.82) is 0 Å². The number of hydrogen-bond donors (Lipinski definition) is 1. The summed E-state index contributed by atoms with van der Waals surface area (Å²) in [5.41, 5.74) is 0. The highest BCUT2D eigenvalue weighted by molar-refractivity contribution is 4.81. The summed E-state index contributed by atoms with van der Waals surface area (Å²) in [7, 11) is 0. The lowest BCUT2D eigenvalue weighted by atomic mass is 10.2. The van der Waals surface area contributed by atoms with Crippen LogP contribution in [0, 0.1) is 5.92 Å². The van der Waals surface area contributed by atoms with Gasteiger partial charge in [-0.15, -0.1) is 5.10 Å². The van der Waals surface area contributed by atoms with Gasteiger partial charge in [0, 0.05) is 0 Å². The molecule has 1 heterocycles. The lowest BCUT2D eigenvalue weighted by Crippen LogP contribution is -2.22. The van der Waals surface area contributed by atoms with E-state index >= 15 is 0 Å². The molecule has 0 unspecified atom stereocenters. The normalized spacial score (nSPS) is 11.6. The molecule has 0 fully saturated rings. The molecular formula is C9H19N5. The highest BCUT2D eigenvalue weighted by Gasteiger charge is 2.08. The number of hydrogen-bond acceptors (Lipinski definition) is 4. The zero-order valence-corrected chi connectivity index (χ0v) is 9.36. The van der Waals surface area contributed by atoms with Crippen LogP contribution in [-0.4, -0.2) is 26.8 Å². The summed E-state index contributed by atoms with van der Waals surface area (Å²) in [6, 6.07) is 0.320. The molecule has 0 aliphatic heterocycles. The lowest BCUT2D eigenvalue weighted by Gasteiger charge is -2.09. The zero-order valence-electron chi connectivity index (χ0n) is 9.36. The van der Waals surface area contributed by atoms with Crippen LogP contribution in [0.3, 0.4) is 0 Å². The molecule has 0 spiro atoms. The van der Waals surface area contributed by atoms with Gasteiger partial charge in [0.05, 0.1) is 12.6 Å². The maximum absolute atomic E-state index is 3.97. The van der Waals surface area contributed by atoms with E-state index in [9.17, 15) is 0 Å². The molecule has 0 aliphatic carbocycles. The lowest BCUT2D eigenvalue weighted by molar-refractivity contribution is 0.470. The van der Waals surface area contributed by atoms with E-state index in [1.54, 1.807) is 0 Å². The molecule has 1 aromatic rings. The second-order valence-corrected chi connectivity index (χ2v) is 4.16. The van der Waals surface area contributed by atoms with Crippen molar-refractivity contribution in [2.75, 3.05) is 6.54 Å². The molecule has 0 bridgehead atoms. The molecule has 1 rings (SSSR count). The Bertz CT molecular complexity index is 266. The van der Waals surface area contributed by atoms with Crippen molar-refractivity contribution < 1.29 is 0 Å². The summed E-state index contributed by atoms with van der Waals surface area (Å²) in [6.45, 7) is 10.2. The van der Waals surface area contributed by atoms with Crippen LogP contribution < -0.4 is 5.32 Å². The first-order chi connectivity index (χ1) is 6.61. The van der Waals surface area contributed by atoms with Crippen molar-refractivity contribution >= 4 is 0 Å². The van der Waals surface area contributed by atoms with Crippen molar-refractivity contribution in [2.45, 2.75) is 40.3 Å². The third kappa shape index (κ3) is 3.06. The van der Waals surface area contributed by atoms with Crippen LogP contribution in [-0.2, 0) is 6.54 Å². The van der Waals surface area contributed by atoms with Crippen molar-refractivity contribution in [3.05, 3.63) is 5.82 Å². The molecule has 1 N–H and O–H groups in total. The highest BCUT2D eigenvalue weighted by Crippen LogP contribution is 2.03. The molecule has 0 atom stereocenters. The monoisotopic (exact) mass is 197 g/mol. The first-order valence-electron chi connectivity index (χ1n) is 5.08. The van der Waals surface area contributed by atoms with Gasteiger partial charge in [0.25, 0.3) is 0 Å². The van der Waals surface area contributed by atoms with Crippen LogP contribution in [0.15, 0.2) is 0 Å². The van der Waals surface area contributed by atoms with Gasteiger partial charge in [-0.3, -0.25) is 0 Å². The first-order valence-corrected chi connectivity index (χ1v) is 5.08. The smallest absolute Gasteiger partial charge is 0.165 e. The van der Waals surface area contributed by atoms with Gasteiger partial charge in [-0.2, -0.15) is 0 Å². The third-order valence-corrected chi connectivity index (χ3v) is 1.89. The van der Waals surface area contributed by atoms with E-state index in [1.165, 1.54) is 0 Å². The fourth-order valence-electron chi connectivity index (χ4n) is 1.20. The molecule has 0 saturated carbocycles. The Morgan fingerprint density at radius 3 is 2.57 bits per heavy atom. The van der Waals surface area contributed by atoms with Crippen LogP contribution in [0.1, 0.15) is 39.6 Å². The Labute approximate surface area is 84.9 Å². The summed E-state index contributed by atoms with van der Waals surface area (Å²) in [5.74, 6) is 1.55. The van der Waals surface area contributed by atoms with E-state index in [2.05, 4.69) is 48.5 Å². The maximum Gasteiger partial charge on any atom is 0.165 e. The molecule has 0 aromatic carbocycles. The molecule has 1 aromatic heterocycles. The molecule has 80 valence electrons. The van der Waals surface area contributed by atoms with Gasteiger partial charge < -0.3 is 5.32 Å². The van der Waals surface area contributed by atoms with Crippen molar-refractivity contribution in [1.82, 2.24) is 25.5 Å². The molecule has 0 amide bonds. The Balaban J connectivity index is 2.46. The summed E-state index contributed by atoms with van der Waals surface area (Å²) >= 11 is 0. The summed E-state index contributed by atoms with van der Waals surface area (Å²) in [6.07, 6.45) is 0. The zero-order chi connectivity index (χ0) is 10.6. The van der Waals surface area contributed by atoms with E-state index in [0.717, 1.165) is 18.9 Å². The quantitative estimate of drug-likeness (QED) is 0.765. The van der Waals surface area contributed by atoms with E-state index < -0.39 is 0 Å². The third-order valence-electron chi connectivity index (χ3n) is 1.89. The van der Waals surface area contributed by atoms with E-state index in [-0.39, 0.29) is 0 Å². The SMILES string of the molecule is CC(C)CNCc1nnnn1C(C)C. The predicted molar refractivity (Wildman–Crippen MR) is 54.7 cm³/mol. The fraction of sp³-hybridized carbons (Fsp3) is 0.889. The second kappa shape index (κ2) is 5.05. The van der Waals surface area contributed by atoms with Crippen molar-refractivity contribution in [3.63, 3.8) is 0 Å². The average molecular weight is 197 g/mol. The van der Waals surface area contributed by atoms with Crippen molar-refractivity contribution in [2.24, 2.45) is 5.92 Å². The molecule has 0 radical (unpaired) electrons. The molecule has 0 saturated heterocycles. The fourth-order valence-corrected chi connectivity index (χ4v) is 1.20. The average Bonchev–Trinajstić information content (AvgIpc) is 2.51. The van der Waals surface area contributed by atoms with Gasteiger partial charge in [-0.05, 0) is 36.7 Å². The summed E-state index contributed by atoms with van der Waals surface area (Å²) in [5, 5.41) is 14.9. The van der Waals surface area contributed by atoms with E-state index in [1.807, 2.05) is 4.68 Å². The number of nitrogens with zero attached hydrogens (tertiary/aromatic N) is 4. The standard InChI is InChI=1S/C9H19N5/c1-7(2)5-10-6-9-11-12-13-14(9)8(3)4/h7-8,10H,5-6H2,1-4H3. The van der Waals surface area contributed by atoms with Gasteiger partial charge >= 0.3 is 0 Å². The maximum atomic E-state index is 3.97. The number of rotatable bonds is 5. The minimum atomic E-state index is 0.320. The minimum Gasteiger partial charge on any atom is -0.310 e. The molecule has 14 heavy (non-hydrogen) atoms. The Morgan fingerprint density at radius 1 is 1.29 bits per heavy atom. The van der Waals surface area contributed by atoms with Gasteiger partial charge in [0.1, 0.15) is 0 Å². The topological polar surface area (TPSA) is 55.6 Å². The molecule has 0 aliphatic rings. The second-order valence-electron chi connectivity index (χ2n) is 4.16. The van der Waals surface area contributed by atoms with Gasteiger partial charge in [-0.1, -0.05) is 13.8 Å². The van der Waals surface area contributed by atoms with Gasteiger partial charge in [0.15, 0.2) is 5.82 Å². The van der Waals surface area contributed by atoms with Gasteiger partial charge in [0.2, 0.25) is 0 Å². The molecule has 5 nitrogen and oxygen atoms in total. The summed E-state index contributed by atoms with van der Waals surface area (Å²) < 4.78 is 1.84. The largest absolute Gasteiger partial charge is 0.310 e. The molecule has 5 heteroatoms. The van der Waals surface area contributed by atoms with E-state index in [4.69, 9.17) is 0 Å². The van der Waals surface area contributed by atoms with Crippen LogP contribution in [0.2, 0.25) is 0 Å². The van der Waals surface area contributed by atoms with E-state index in [0.29, 0.717) is 12.0 Å². The number of tetrazole rings is 1. The minimum absolute atomic E-state index is 0.320. The van der Waals surface area contributed by atoms with Crippen LogP contribution >= 0.6 is 0 Å².